The van der Waals surface area contributed by atoms with Crippen molar-refractivity contribution in [2.24, 2.45) is 0 Å². The lowest BCUT2D eigenvalue weighted by atomic mass is 10.0. The van der Waals surface area contributed by atoms with Gasteiger partial charge in [0.15, 0.2) is 6.61 Å². The Hall–Kier alpha value is -2.83. The fourth-order valence-corrected chi connectivity index (χ4v) is 4.00. The topological polar surface area (TPSA) is 58.6 Å². The summed E-state index contributed by atoms with van der Waals surface area (Å²) >= 11 is 9.58. The van der Waals surface area contributed by atoms with Gasteiger partial charge >= 0.3 is 0 Å². The van der Waals surface area contributed by atoms with Crippen molar-refractivity contribution >= 4 is 39.3 Å². The lowest BCUT2D eigenvalue weighted by Crippen LogP contribution is -2.52. The van der Waals surface area contributed by atoms with Crippen molar-refractivity contribution in [2.75, 3.05) is 6.61 Å². The number of hydrogen-bond donors (Lipinski definition) is 1. The first-order valence-electron chi connectivity index (χ1n) is 11.1. The predicted octanol–water partition coefficient (Wildman–Crippen LogP) is 5.65. The zero-order chi connectivity index (χ0) is 24.5. The third-order valence-corrected chi connectivity index (χ3v) is 5.88. The molecule has 0 spiro atoms. The Bertz CT molecular complexity index is 1090. The van der Waals surface area contributed by atoms with E-state index in [1.807, 2.05) is 68.4 Å². The third-order valence-electron chi connectivity index (χ3n) is 5.12. The van der Waals surface area contributed by atoms with Gasteiger partial charge in [0.1, 0.15) is 11.8 Å². The smallest absolute Gasteiger partial charge is 0.261 e. The number of benzene rings is 3. The van der Waals surface area contributed by atoms with Gasteiger partial charge in [-0.2, -0.15) is 0 Å². The van der Waals surface area contributed by atoms with Crippen LogP contribution in [0, 0.1) is 0 Å². The second-order valence-corrected chi connectivity index (χ2v) is 9.62. The first-order valence-corrected chi connectivity index (χ1v) is 12.3. The molecule has 1 N–H and O–H groups in total. The molecule has 2 amide bonds. The molecule has 0 unspecified atom stereocenters. The largest absolute Gasteiger partial charge is 0.484 e. The molecule has 3 aromatic rings. The van der Waals surface area contributed by atoms with Gasteiger partial charge in [0.2, 0.25) is 5.91 Å². The summed E-state index contributed by atoms with van der Waals surface area (Å²) < 4.78 is 6.68. The molecule has 1 atom stereocenters. The van der Waals surface area contributed by atoms with Crippen molar-refractivity contribution < 1.29 is 14.3 Å². The van der Waals surface area contributed by atoms with Crippen LogP contribution in [0.4, 0.5) is 0 Å². The fourth-order valence-electron chi connectivity index (χ4n) is 3.53. The van der Waals surface area contributed by atoms with Gasteiger partial charge in [-0.3, -0.25) is 9.59 Å². The first-order chi connectivity index (χ1) is 16.3. The molecular weight excluding hydrogens is 516 g/mol. The molecule has 7 heteroatoms. The molecule has 34 heavy (non-hydrogen) atoms. The predicted molar refractivity (Wildman–Crippen MR) is 139 cm³/mol. The Balaban J connectivity index is 1.90. The molecule has 0 aromatic heterocycles. The summed E-state index contributed by atoms with van der Waals surface area (Å²) in [6, 6.07) is 23.5. The number of carbonyl (C=O) groups is 2. The highest BCUT2D eigenvalue weighted by molar-refractivity contribution is 9.10. The number of amides is 2. The van der Waals surface area contributed by atoms with Crippen LogP contribution in [0.2, 0.25) is 5.02 Å². The fraction of sp³-hybridized carbons (Fsp3) is 0.259. The van der Waals surface area contributed by atoms with E-state index in [-0.39, 0.29) is 31.0 Å². The Morgan fingerprint density at radius 1 is 0.971 bits per heavy atom. The Morgan fingerprint density at radius 2 is 1.65 bits per heavy atom. The van der Waals surface area contributed by atoms with Gasteiger partial charge in [0.25, 0.3) is 5.91 Å². The van der Waals surface area contributed by atoms with E-state index in [0.717, 1.165) is 15.6 Å². The lowest BCUT2D eigenvalue weighted by Gasteiger charge is -2.32. The van der Waals surface area contributed by atoms with E-state index in [1.54, 1.807) is 29.2 Å². The number of halogens is 2. The number of carbonyl (C=O) groups excluding carboxylic acids is 2. The molecule has 0 heterocycles. The van der Waals surface area contributed by atoms with Gasteiger partial charge in [-0.25, -0.2) is 0 Å². The van der Waals surface area contributed by atoms with Gasteiger partial charge in [0.05, 0.1) is 0 Å². The minimum Gasteiger partial charge on any atom is -0.484 e. The number of ether oxygens (including phenoxy) is 1. The molecule has 3 aromatic carbocycles. The second kappa shape index (κ2) is 12.6. The average Bonchev–Trinajstić information content (AvgIpc) is 2.81. The summed E-state index contributed by atoms with van der Waals surface area (Å²) in [5.74, 6) is 0.0751. The van der Waals surface area contributed by atoms with Crippen molar-refractivity contribution in [3.63, 3.8) is 0 Å². The van der Waals surface area contributed by atoms with Crippen molar-refractivity contribution in [3.8, 4) is 5.75 Å². The zero-order valence-electron chi connectivity index (χ0n) is 19.2. The molecule has 0 aliphatic carbocycles. The van der Waals surface area contributed by atoms with Crippen LogP contribution in [-0.2, 0) is 22.6 Å². The molecule has 0 radical (unpaired) electrons. The quantitative estimate of drug-likeness (QED) is 0.360. The summed E-state index contributed by atoms with van der Waals surface area (Å²) in [5.41, 5.74) is 1.80. The number of nitrogens with one attached hydrogen (secondary N) is 1. The first kappa shape index (κ1) is 25.8. The Kier molecular flexibility index (Phi) is 9.54. The molecule has 0 fully saturated rings. The molecule has 0 aliphatic heterocycles. The van der Waals surface area contributed by atoms with E-state index in [0.29, 0.717) is 17.2 Å². The van der Waals surface area contributed by atoms with E-state index >= 15 is 0 Å². The molecule has 0 aliphatic rings. The summed E-state index contributed by atoms with van der Waals surface area (Å²) in [4.78, 5) is 28.3. The van der Waals surface area contributed by atoms with Crippen LogP contribution in [0.5, 0.6) is 5.75 Å². The van der Waals surface area contributed by atoms with E-state index in [4.69, 9.17) is 16.3 Å². The average molecular weight is 544 g/mol. The van der Waals surface area contributed by atoms with Crippen molar-refractivity contribution in [2.45, 2.75) is 38.9 Å². The van der Waals surface area contributed by atoms with Gasteiger partial charge in [-0.1, -0.05) is 70.0 Å². The molecule has 0 saturated heterocycles. The summed E-state index contributed by atoms with van der Waals surface area (Å²) in [6.07, 6.45) is 0.379. The minimum atomic E-state index is -0.718. The van der Waals surface area contributed by atoms with Crippen LogP contribution < -0.4 is 10.1 Å². The van der Waals surface area contributed by atoms with Crippen LogP contribution >= 0.6 is 27.5 Å². The Morgan fingerprint density at radius 3 is 2.29 bits per heavy atom. The highest BCUT2D eigenvalue weighted by atomic mass is 79.9. The monoisotopic (exact) mass is 542 g/mol. The minimum absolute atomic E-state index is 0.0621. The highest BCUT2D eigenvalue weighted by Crippen LogP contribution is 2.19. The summed E-state index contributed by atoms with van der Waals surface area (Å²) in [6.45, 7) is 3.84. The maximum absolute atomic E-state index is 13.5. The lowest BCUT2D eigenvalue weighted by molar-refractivity contribution is -0.143. The van der Waals surface area contributed by atoms with Gasteiger partial charge in [0, 0.05) is 28.5 Å². The van der Waals surface area contributed by atoms with Crippen LogP contribution in [0.1, 0.15) is 25.0 Å². The number of rotatable bonds is 10. The molecule has 0 bridgehead atoms. The van der Waals surface area contributed by atoms with Crippen molar-refractivity contribution in [1.82, 2.24) is 10.2 Å². The van der Waals surface area contributed by atoms with E-state index < -0.39 is 6.04 Å². The van der Waals surface area contributed by atoms with E-state index in [1.165, 1.54) is 0 Å². The van der Waals surface area contributed by atoms with Crippen LogP contribution in [0.25, 0.3) is 0 Å². The molecule has 3 rings (SSSR count). The Labute approximate surface area is 214 Å². The molecule has 5 nitrogen and oxygen atoms in total. The van der Waals surface area contributed by atoms with E-state index in [9.17, 15) is 9.59 Å². The summed E-state index contributed by atoms with van der Waals surface area (Å²) in [5, 5.41) is 3.54. The normalized spacial score (nSPS) is 11.7. The maximum Gasteiger partial charge on any atom is 0.261 e. The highest BCUT2D eigenvalue weighted by Gasteiger charge is 2.31. The molecule has 0 saturated carbocycles. The second-order valence-electron chi connectivity index (χ2n) is 8.26. The zero-order valence-corrected chi connectivity index (χ0v) is 21.6. The van der Waals surface area contributed by atoms with Gasteiger partial charge in [-0.05, 0) is 61.4 Å². The van der Waals surface area contributed by atoms with Crippen LogP contribution in [0.15, 0.2) is 83.3 Å². The van der Waals surface area contributed by atoms with Crippen molar-refractivity contribution in [1.29, 1.82) is 0 Å². The molecule has 178 valence electrons. The third kappa shape index (κ3) is 7.89. The van der Waals surface area contributed by atoms with E-state index in [2.05, 4.69) is 21.2 Å². The van der Waals surface area contributed by atoms with Gasteiger partial charge in [-0.15, -0.1) is 0 Å². The number of nitrogens with zero attached hydrogens (tertiary/aromatic N) is 1. The van der Waals surface area contributed by atoms with Crippen LogP contribution in [-0.4, -0.2) is 35.4 Å². The van der Waals surface area contributed by atoms with Crippen LogP contribution in [0.3, 0.4) is 0 Å². The standard InChI is InChI=1S/C27H28BrClN2O3/c1-19(2)30-27(33)25(16-20-7-4-3-5-8-20)31(17-21-9-6-10-23(29)15-21)26(32)18-34-24-13-11-22(28)12-14-24/h3-15,19,25H,16-18H2,1-2H3,(H,30,33)/t25-/m1/s1. The van der Waals surface area contributed by atoms with Gasteiger partial charge < -0.3 is 15.0 Å². The summed E-state index contributed by atoms with van der Waals surface area (Å²) in [7, 11) is 0. The maximum atomic E-state index is 13.5. The number of hydrogen-bond acceptors (Lipinski definition) is 3. The van der Waals surface area contributed by atoms with Crippen molar-refractivity contribution in [3.05, 3.63) is 99.5 Å². The SMILES string of the molecule is CC(C)NC(=O)[C@@H](Cc1ccccc1)N(Cc1cccc(Cl)c1)C(=O)COc1ccc(Br)cc1. The molecular formula is C27H28BrClN2O3.